The lowest BCUT2D eigenvalue weighted by atomic mass is 10.2. The van der Waals surface area contributed by atoms with Gasteiger partial charge in [0.15, 0.2) is 4.34 Å². The lowest BCUT2D eigenvalue weighted by Gasteiger charge is -2.04. The fraction of sp³-hybridized carbons (Fsp3) is 0.133. The predicted molar refractivity (Wildman–Crippen MR) is 90.9 cm³/mol. The van der Waals surface area contributed by atoms with Gasteiger partial charge in [0, 0.05) is 11.3 Å². The minimum atomic E-state index is -0.230. The van der Waals surface area contributed by atoms with Crippen molar-refractivity contribution in [2.45, 2.75) is 4.34 Å². The molecule has 0 radical (unpaired) electrons. The number of carbonyl (C=O) groups excluding carboxylic acids is 1. The first kappa shape index (κ1) is 16.3. The summed E-state index contributed by atoms with van der Waals surface area (Å²) in [5, 5.41) is 11.1. The van der Waals surface area contributed by atoms with E-state index in [1.54, 1.807) is 36.4 Å². The maximum Gasteiger partial charge on any atom is 0.257 e. The Balaban J connectivity index is 1.95. The Labute approximate surface area is 137 Å². The molecule has 0 saturated carbocycles. The Hall–Kier alpha value is -2.12. The summed E-state index contributed by atoms with van der Waals surface area (Å²) < 4.78 is 6.16. The highest BCUT2D eigenvalue weighted by Crippen LogP contribution is 2.25. The number of thioether (sulfide) groups is 1. The summed E-state index contributed by atoms with van der Waals surface area (Å²) in [7, 11) is 0. The van der Waals surface area contributed by atoms with E-state index in [0.717, 1.165) is 10.1 Å². The summed E-state index contributed by atoms with van der Waals surface area (Å²) in [6.45, 7) is 7.66. The van der Waals surface area contributed by atoms with Crippen LogP contribution in [0.4, 0.5) is 5.13 Å². The van der Waals surface area contributed by atoms with Gasteiger partial charge in [0.1, 0.15) is 12.4 Å². The van der Waals surface area contributed by atoms with E-state index in [9.17, 15) is 4.79 Å². The molecule has 1 aromatic heterocycles. The molecule has 0 saturated heterocycles. The van der Waals surface area contributed by atoms with Crippen LogP contribution in [0.2, 0.25) is 0 Å². The van der Waals surface area contributed by atoms with Crippen LogP contribution < -0.4 is 10.1 Å². The van der Waals surface area contributed by atoms with Crippen molar-refractivity contribution in [1.29, 1.82) is 0 Å². The molecule has 0 aliphatic heterocycles. The number of rotatable bonds is 8. The van der Waals surface area contributed by atoms with Gasteiger partial charge in [-0.05, 0) is 24.3 Å². The number of anilines is 1. The molecule has 1 amide bonds. The SMILES string of the molecule is C=CCOc1ccc(C(=O)Nc2nnc(SCC=C)s2)cc1. The predicted octanol–water partition coefficient (Wildman–Crippen LogP) is 3.63. The molecule has 1 aromatic carbocycles. The molecular formula is C15H15N3O2S2. The molecule has 2 rings (SSSR count). The van der Waals surface area contributed by atoms with Gasteiger partial charge < -0.3 is 4.74 Å². The van der Waals surface area contributed by atoms with Gasteiger partial charge >= 0.3 is 0 Å². The summed E-state index contributed by atoms with van der Waals surface area (Å²) >= 11 is 2.86. The Morgan fingerprint density at radius 2 is 2.05 bits per heavy atom. The number of ether oxygens (including phenoxy) is 1. The lowest BCUT2D eigenvalue weighted by Crippen LogP contribution is -2.11. The van der Waals surface area contributed by atoms with Crippen molar-refractivity contribution in [3.8, 4) is 5.75 Å². The van der Waals surface area contributed by atoms with Crippen LogP contribution in [0.25, 0.3) is 0 Å². The highest BCUT2D eigenvalue weighted by atomic mass is 32.2. The van der Waals surface area contributed by atoms with Crippen molar-refractivity contribution in [2.24, 2.45) is 0 Å². The van der Waals surface area contributed by atoms with E-state index < -0.39 is 0 Å². The smallest absolute Gasteiger partial charge is 0.257 e. The van der Waals surface area contributed by atoms with Crippen LogP contribution in [0.5, 0.6) is 5.75 Å². The second kappa shape index (κ2) is 8.35. The molecule has 0 bridgehead atoms. The number of benzene rings is 1. The summed E-state index contributed by atoms with van der Waals surface area (Å²) in [5.41, 5.74) is 0.529. The number of nitrogens with zero attached hydrogens (tertiary/aromatic N) is 2. The molecule has 1 heterocycles. The minimum Gasteiger partial charge on any atom is -0.490 e. The Bertz CT molecular complexity index is 653. The molecule has 0 unspecified atom stereocenters. The van der Waals surface area contributed by atoms with Gasteiger partial charge in [-0.15, -0.1) is 16.8 Å². The molecule has 2 aromatic rings. The van der Waals surface area contributed by atoms with Gasteiger partial charge in [0.2, 0.25) is 5.13 Å². The number of amides is 1. The molecule has 22 heavy (non-hydrogen) atoms. The molecule has 114 valence electrons. The third-order valence-electron chi connectivity index (χ3n) is 2.44. The van der Waals surface area contributed by atoms with E-state index in [2.05, 4.69) is 28.7 Å². The van der Waals surface area contributed by atoms with Crippen molar-refractivity contribution in [3.05, 3.63) is 55.1 Å². The van der Waals surface area contributed by atoms with E-state index in [0.29, 0.717) is 23.1 Å². The van der Waals surface area contributed by atoms with Gasteiger partial charge in [-0.2, -0.15) is 0 Å². The molecule has 0 atom stereocenters. The van der Waals surface area contributed by atoms with Crippen molar-refractivity contribution < 1.29 is 9.53 Å². The molecule has 5 nitrogen and oxygen atoms in total. The summed E-state index contributed by atoms with van der Waals surface area (Å²) in [5.74, 6) is 1.22. The first-order valence-electron chi connectivity index (χ1n) is 6.45. The second-order valence-electron chi connectivity index (χ2n) is 4.05. The van der Waals surface area contributed by atoms with Gasteiger partial charge in [0.05, 0.1) is 0 Å². The highest BCUT2D eigenvalue weighted by Gasteiger charge is 2.10. The first-order chi connectivity index (χ1) is 10.7. The van der Waals surface area contributed by atoms with E-state index in [-0.39, 0.29) is 5.91 Å². The van der Waals surface area contributed by atoms with Crippen LogP contribution in [0.1, 0.15) is 10.4 Å². The van der Waals surface area contributed by atoms with Crippen LogP contribution in [-0.2, 0) is 0 Å². The van der Waals surface area contributed by atoms with E-state index in [4.69, 9.17) is 4.74 Å². The first-order valence-corrected chi connectivity index (χ1v) is 8.25. The fourth-order valence-electron chi connectivity index (χ4n) is 1.48. The standard InChI is InChI=1S/C15H15N3O2S2/c1-3-9-20-12-7-5-11(6-8-12)13(19)16-14-17-18-15(22-14)21-10-4-2/h3-8H,1-2,9-10H2,(H,16,17,19). The lowest BCUT2D eigenvalue weighted by molar-refractivity contribution is 0.102. The summed E-state index contributed by atoms with van der Waals surface area (Å²) in [6.07, 6.45) is 3.46. The highest BCUT2D eigenvalue weighted by molar-refractivity contribution is 8.01. The second-order valence-corrected chi connectivity index (χ2v) is 6.30. The maximum atomic E-state index is 12.1. The minimum absolute atomic E-state index is 0.230. The molecule has 0 fully saturated rings. The van der Waals surface area contributed by atoms with Crippen molar-refractivity contribution in [1.82, 2.24) is 10.2 Å². The quantitative estimate of drug-likeness (QED) is 0.454. The summed E-state index contributed by atoms with van der Waals surface area (Å²) in [4.78, 5) is 12.1. The maximum absolute atomic E-state index is 12.1. The normalized spacial score (nSPS) is 10.0. The van der Waals surface area contributed by atoms with Crippen molar-refractivity contribution in [3.63, 3.8) is 0 Å². The Kier molecular flexibility index (Phi) is 6.17. The number of aromatic nitrogens is 2. The van der Waals surface area contributed by atoms with Crippen LogP contribution in [0.15, 0.2) is 53.9 Å². The number of carbonyl (C=O) groups is 1. The molecule has 0 aliphatic rings. The Morgan fingerprint density at radius 1 is 1.27 bits per heavy atom. The van der Waals surface area contributed by atoms with E-state index in [1.165, 1.54) is 23.1 Å². The average Bonchev–Trinajstić information content (AvgIpc) is 2.98. The number of hydrogen-bond donors (Lipinski definition) is 1. The monoisotopic (exact) mass is 333 g/mol. The van der Waals surface area contributed by atoms with Crippen LogP contribution in [0.3, 0.4) is 0 Å². The molecule has 0 aliphatic carbocycles. The largest absolute Gasteiger partial charge is 0.490 e. The topological polar surface area (TPSA) is 64.1 Å². The third-order valence-corrected chi connectivity index (χ3v) is 4.40. The zero-order chi connectivity index (χ0) is 15.8. The average molecular weight is 333 g/mol. The molecular weight excluding hydrogens is 318 g/mol. The van der Waals surface area contributed by atoms with Gasteiger partial charge in [-0.3, -0.25) is 10.1 Å². The molecule has 7 heteroatoms. The van der Waals surface area contributed by atoms with Gasteiger partial charge in [-0.25, -0.2) is 0 Å². The van der Waals surface area contributed by atoms with Crippen molar-refractivity contribution in [2.75, 3.05) is 17.7 Å². The van der Waals surface area contributed by atoms with Gasteiger partial charge in [-0.1, -0.05) is 41.8 Å². The zero-order valence-corrected chi connectivity index (χ0v) is 13.5. The van der Waals surface area contributed by atoms with E-state index in [1.807, 2.05) is 0 Å². The fourth-order valence-corrected chi connectivity index (χ4v) is 2.98. The molecule has 0 spiro atoms. The summed E-state index contributed by atoms with van der Waals surface area (Å²) in [6, 6.07) is 6.87. The Morgan fingerprint density at radius 3 is 2.73 bits per heavy atom. The zero-order valence-electron chi connectivity index (χ0n) is 11.8. The van der Waals surface area contributed by atoms with Crippen molar-refractivity contribution >= 4 is 34.1 Å². The van der Waals surface area contributed by atoms with E-state index >= 15 is 0 Å². The van der Waals surface area contributed by atoms with Crippen LogP contribution >= 0.6 is 23.1 Å². The van der Waals surface area contributed by atoms with Crippen LogP contribution in [0, 0.1) is 0 Å². The number of nitrogens with one attached hydrogen (secondary N) is 1. The third kappa shape index (κ3) is 4.71. The number of hydrogen-bond acceptors (Lipinski definition) is 6. The van der Waals surface area contributed by atoms with Gasteiger partial charge in [0.25, 0.3) is 5.91 Å². The molecule has 1 N–H and O–H groups in total. The van der Waals surface area contributed by atoms with Crippen LogP contribution in [-0.4, -0.2) is 28.5 Å².